The van der Waals surface area contributed by atoms with E-state index in [-0.39, 0.29) is 42.6 Å². The van der Waals surface area contributed by atoms with Crippen LogP contribution in [0.3, 0.4) is 0 Å². The minimum absolute atomic E-state index is 0.00100. The minimum atomic E-state index is -0.630. The van der Waals surface area contributed by atoms with Crippen molar-refractivity contribution < 1.29 is 24.0 Å². The number of nitrogens with zero attached hydrogens (tertiary/aromatic N) is 4. The number of piperidine rings is 1. The van der Waals surface area contributed by atoms with Crippen LogP contribution in [0.5, 0.6) is 0 Å². The van der Waals surface area contributed by atoms with E-state index in [1.807, 2.05) is 6.07 Å². The predicted octanol–water partition coefficient (Wildman–Crippen LogP) is 3.42. The lowest BCUT2D eigenvalue weighted by Gasteiger charge is -2.29. The fraction of sp³-hybridized carbons (Fsp3) is 0.575. The van der Waals surface area contributed by atoms with Crippen molar-refractivity contribution in [2.75, 3.05) is 31.5 Å². The molecule has 6 N–H and O–H groups in total. The number of fused-ring (bicyclic) bond motifs is 1. The SMILES string of the molecule is Cn1ccc(-c2nc(NC3CCC(NCC(=O)NCCCCCNCC(=O)NCc4cc5c(s4)C(=O)N(C4CCC(=O)NC4=O)C5)CC3)ncc2Cl)c1CC1CC1. The van der Waals surface area contributed by atoms with E-state index in [0.717, 1.165) is 79.0 Å². The molecule has 7 rings (SSSR count). The van der Waals surface area contributed by atoms with Gasteiger partial charge in [-0.2, -0.15) is 0 Å². The van der Waals surface area contributed by atoms with E-state index >= 15 is 0 Å². The smallest absolute Gasteiger partial charge is 0.265 e. The zero-order valence-electron chi connectivity index (χ0n) is 32.5. The summed E-state index contributed by atoms with van der Waals surface area (Å²) in [6.07, 6.45) is 14.5. The van der Waals surface area contributed by atoms with E-state index in [4.69, 9.17) is 16.6 Å². The second-order valence-electron chi connectivity index (χ2n) is 15.7. The van der Waals surface area contributed by atoms with Gasteiger partial charge in [-0.15, -0.1) is 11.3 Å². The molecule has 17 heteroatoms. The number of carbonyl (C=O) groups is 5. The summed E-state index contributed by atoms with van der Waals surface area (Å²) in [6, 6.07) is 3.93. The van der Waals surface area contributed by atoms with Crippen molar-refractivity contribution in [1.82, 2.24) is 46.0 Å². The maximum atomic E-state index is 12.9. The van der Waals surface area contributed by atoms with Crippen molar-refractivity contribution >= 4 is 58.4 Å². The summed E-state index contributed by atoms with van der Waals surface area (Å²) in [7, 11) is 2.08. The van der Waals surface area contributed by atoms with Crippen LogP contribution in [-0.4, -0.2) is 93.3 Å². The summed E-state index contributed by atoms with van der Waals surface area (Å²) in [5, 5.41) is 18.9. The molecule has 15 nitrogen and oxygen atoms in total. The predicted molar refractivity (Wildman–Crippen MR) is 217 cm³/mol. The number of imide groups is 1. The number of hydrogen-bond acceptors (Lipinski definition) is 11. The molecule has 3 aromatic heterocycles. The molecule has 5 amide bonds. The molecule has 2 saturated carbocycles. The molecular weight excluding hydrogens is 768 g/mol. The zero-order chi connectivity index (χ0) is 39.9. The third kappa shape index (κ3) is 10.8. The van der Waals surface area contributed by atoms with Crippen molar-refractivity contribution in [2.24, 2.45) is 13.0 Å². The van der Waals surface area contributed by atoms with E-state index in [1.54, 1.807) is 6.20 Å². The maximum Gasteiger partial charge on any atom is 0.265 e. The Morgan fingerprint density at radius 1 is 0.965 bits per heavy atom. The second-order valence-corrected chi connectivity index (χ2v) is 17.3. The molecule has 0 spiro atoms. The first kappa shape index (κ1) is 40.8. The maximum absolute atomic E-state index is 12.9. The second kappa shape index (κ2) is 18.9. The Hall–Kier alpha value is -4.38. The lowest BCUT2D eigenvalue weighted by molar-refractivity contribution is -0.137. The highest BCUT2D eigenvalue weighted by Gasteiger charge is 2.40. The van der Waals surface area contributed by atoms with E-state index in [9.17, 15) is 24.0 Å². The molecule has 2 aliphatic carbocycles. The molecule has 4 aliphatic rings. The number of unbranched alkanes of at least 4 members (excludes halogenated alkanes) is 2. The first-order chi connectivity index (χ1) is 27.6. The number of aryl methyl sites for hydroxylation is 1. The van der Waals surface area contributed by atoms with Crippen LogP contribution in [0.4, 0.5) is 5.95 Å². The van der Waals surface area contributed by atoms with Crippen molar-refractivity contribution in [2.45, 2.75) is 108 Å². The van der Waals surface area contributed by atoms with Gasteiger partial charge in [0.15, 0.2) is 0 Å². The summed E-state index contributed by atoms with van der Waals surface area (Å²) >= 11 is 7.91. The monoisotopic (exact) mass is 820 g/mol. The molecule has 0 radical (unpaired) electrons. The number of amides is 5. The van der Waals surface area contributed by atoms with Gasteiger partial charge in [0, 0.05) is 61.0 Å². The van der Waals surface area contributed by atoms with Crippen LogP contribution in [-0.2, 0) is 45.7 Å². The van der Waals surface area contributed by atoms with Crippen LogP contribution >= 0.6 is 22.9 Å². The molecule has 3 fully saturated rings. The highest BCUT2D eigenvalue weighted by Crippen LogP contribution is 2.38. The lowest BCUT2D eigenvalue weighted by Crippen LogP contribution is -2.52. The van der Waals surface area contributed by atoms with Gasteiger partial charge in [-0.25, -0.2) is 9.97 Å². The summed E-state index contributed by atoms with van der Waals surface area (Å²) in [5.74, 6) is 0.293. The van der Waals surface area contributed by atoms with Crippen molar-refractivity contribution in [3.63, 3.8) is 0 Å². The number of carbonyl (C=O) groups excluding carboxylic acids is 5. The number of nitrogens with one attached hydrogen (secondary N) is 6. The highest BCUT2D eigenvalue weighted by molar-refractivity contribution is 7.14. The number of hydrogen-bond donors (Lipinski definition) is 6. The third-order valence-corrected chi connectivity index (χ3v) is 12.8. The number of thiophene rings is 1. The van der Waals surface area contributed by atoms with Gasteiger partial charge in [0.25, 0.3) is 5.91 Å². The molecule has 306 valence electrons. The van der Waals surface area contributed by atoms with Crippen LogP contribution in [0.15, 0.2) is 24.5 Å². The number of rotatable bonds is 19. The number of anilines is 1. The first-order valence-corrected chi connectivity index (χ1v) is 21.5. The average molecular weight is 821 g/mol. The van der Waals surface area contributed by atoms with E-state index in [0.29, 0.717) is 61.0 Å². The van der Waals surface area contributed by atoms with Gasteiger partial charge < -0.3 is 36.1 Å². The molecule has 5 heterocycles. The topological polar surface area (TPSA) is 191 Å². The standard InChI is InChI=1S/C40H53ClN10O5S/c1-50-16-13-29(32(50)17-24-5-6-24)36-30(41)20-46-40(49-36)47-27-9-7-26(8-10-27)44-22-35(54)43-15-4-2-3-14-42-21-34(53)45-19-28-18-25-23-51(39(56)37(25)57-28)31-11-12-33(52)48-38(31)55/h13,16,18,20,24,26-27,31,42,44H,2-12,14-15,17,19,21-23H2,1H3,(H,43,54)(H,45,53)(H,46,47,49)(H,48,52,55). The molecule has 0 bridgehead atoms. The Kier molecular flexibility index (Phi) is 13.5. The van der Waals surface area contributed by atoms with Gasteiger partial charge >= 0.3 is 0 Å². The normalized spacial score (nSPS) is 20.7. The van der Waals surface area contributed by atoms with Gasteiger partial charge in [-0.05, 0) is 94.4 Å². The van der Waals surface area contributed by atoms with Crippen molar-refractivity contribution in [3.05, 3.63) is 50.6 Å². The van der Waals surface area contributed by atoms with Crippen LogP contribution in [0.1, 0.15) is 96.4 Å². The molecule has 2 aliphatic heterocycles. The molecular formula is C40H53ClN10O5S. The lowest BCUT2D eigenvalue weighted by atomic mass is 9.91. The molecule has 57 heavy (non-hydrogen) atoms. The van der Waals surface area contributed by atoms with Crippen LogP contribution in [0, 0.1) is 5.92 Å². The fourth-order valence-corrected chi connectivity index (χ4v) is 9.15. The van der Waals surface area contributed by atoms with E-state index in [1.165, 1.54) is 34.8 Å². The van der Waals surface area contributed by atoms with Gasteiger partial charge in [-0.3, -0.25) is 29.3 Å². The van der Waals surface area contributed by atoms with Gasteiger partial charge in [0.05, 0.1) is 41.4 Å². The molecule has 1 unspecified atom stereocenters. The number of aromatic nitrogens is 3. The molecule has 0 aromatic carbocycles. The summed E-state index contributed by atoms with van der Waals surface area (Å²) < 4.78 is 2.18. The summed E-state index contributed by atoms with van der Waals surface area (Å²) in [5.41, 5.74) is 3.98. The fourth-order valence-electron chi connectivity index (χ4n) is 7.90. The third-order valence-electron chi connectivity index (χ3n) is 11.3. The Morgan fingerprint density at radius 2 is 1.74 bits per heavy atom. The molecule has 1 atom stereocenters. The van der Waals surface area contributed by atoms with Crippen molar-refractivity contribution in [1.29, 1.82) is 0 Å². The Morgan fingerprint density at radius 3 is 2.51 bits per heavy atom. The number of halogens is 1. The Balaban J connectivity index is 0.701. The first-order valence-electron chi connectivity index (χ1n) is 20.3. The largest absolute Gasteiger partial charge is 0.355 e. The van der Waals surface area contributed by atoms with Crippen LogP contribution < -0.4 is 31.9 Å². The quantitative estimate of drug-likeness (QED) is 0.0772. The summed E-state index contributed by atoms with van der Waals surface area (Å²) in [4.78, 5) is 73.8. The van der Waals surface area contributed by atoms with Crippen LogP contribution in [0.2, 0.25) is 5.02 Å². The van der Waals surface area contributed by atoms with Gasteiger partial charge in [-0.1, -0.05) is 18.0 Å². The minimum Gasteiger partial charge on any atom is -0.355 e. The average Bonchev–Trinajstić information content (AvgIpc) is 3.71. The molecule has 1 saturated heterocycles. The summed E-state index contributed by atoms with van der Waals surface area (Å²) in [6.45, 7) is 2.46. The van der Waals surface area contributed by atoms with E-state index < -0.39 is 11.9 Å². The molecule has 3 aromatic rings. The Bertz CT molecular complexity index is 1960. The van der Waals surface area contributed by atoms with E-state index in [2.05, 4.69) is 60.8 Å². The Labute approximate surface area is 341 Å². The zero-order valence-corrected chi connectivity index (χ0v) is 34.0. The highest BCUT2D eigenvalue weighted by atomic mass is 35.5. The van der Waals surface area contributed by atoms with Crippen molar-refractivity contribution in [3.8, 4) is 11.3 Å². The van der Waals surface area contributed by atoms with Gasteiger partial charge in [0.2, 0.25) is 29.6 Å². The van der Waals surface area contributed by atoms with Crippen LogP contribution in [0.25, 0.3) is 11.3 Å². The van der Waals surface area contributed by atoms with Gasteiger partial charge in [0.1, 0.15) is 6.04 Å².